The number of nitriles is 1. The first-order valence-corrected chi connectivity index (χ1v) is 6.22. The van der Waals surface area contributed by atoms with Crippen molar-refractivity contribution in [3.8, 4) is 17.5 Å². The van der Waals surface area contributed by atoms with Gasteiger partial charge in [-0.3, -0.25) is 0 Å². The summed E-state index contributed by atoms with van der Waals surface area (Å²) in [7, 11) is 0. The third-order valence-electron chi connectivity index (χ3n) is 2.75. The molecule has 3 rings (SSSR count). The lowest BCUT2D eigenvalue weighted by Gasteiger charge is -1.95. The number of fused-ring (bicyclic) bond motifs is 1. The van der Waals surface area contributed by atoms with Crippen LogP contribution in [0.2, 0.25) is 0 Å². The summed E-state index contributed by atoms with van der Waals surface area (Å²) in [5, 5.41) is 9.04. The van der Waals surface area contributed by atoms with Crippen LogP contribution in [0.5, 0.6) is 0 Å². The number of rotatable bonds is 1. The molecule has 0 unspecified atom stereocenters. The summed E-state index contributed by atoms with van der Waals surface area (Å²) in [5.41, 5.74) is 3.19. The molecular formula is C14H8BrN3. The molecule has 1 N–H and O–H groups in total. The molecular weight excluding hydrogens is 290 g/mol. The van der Waals surface area contributed by atoms with Crippen molar-refractivity contribution in [1.29, 1.82) is 5.26 Å². The first-order chi connectivity index (χ1) is 8.78. The van der Waals surface area contributed by atoms with Crippen molar-refractivity contribution in [3.63, 3.8) is 0 Å². The summed E-state index contributed by atoms with van der Waals surface area (Å²) < 4.78 is 1.03. The largest absolute Gasteiger partial charge is 0.338 e. The lowest BCUT2D eigenvalue weighted by molar-refractivity contribution is 1.33. The molecule has 0 fully saturated rings. The monoisotopic (exact) mass is 297 g/mol. The Bertz CT molecular complexity index is 751. The van der Waals surface area contributed by atoms with Crippen molar-refractivity contribution >= 4 is 27.0 Å². The summed E-state index contributed by atoms with van der Waals surface area (Å²) in [6.45, 7) is 0. The van der Waals surface area contributed by atoms with E-state index in [1.165, 1.54) is 0 Å². The Kier molecular flexibility index (Phi) is 2.62. The summed E-state index contributed by atoms with van der Waals surface area (Å²) in [6, 6.07) is 15.6. The van der Waals surface area contributed by atoms with E-state index >= 15 is 0 Å². The van der Waals surface area contributed by atoms with Crippen molar-refractivity contribution in [2.24, 2.45) is 0 Å². The fraction of sp³-hybridized carbons (Fsp3) is 0. The molecule has 4 heteroatoms. The molecule has 86 valence electrons. The minimum Gasteiger partial charge on any atom is -0.338 e. The van der Waals surface area contributed by atoms with Gasteiger partial charge in [0.25, 0.3) is 0 Å². The second-order valence-electron chi connectivity index (χ2n) is 3.91. The quantitative estimate of drug-likeness (QED) is 0.741. The zero-order chi connectivity index (χ0) is 12.5. The molecule has 18 heavy (non-hydrogen) atoms. The summed E-state index contributed by atoms with van der Waals surface area (Å²) in [5.74, 6) is 0.778. The van der Waals surface area contributed by atoms with Crippen LogP contribution >= 0.6 is 15.9 Å². The van der Waals surface area contributed by atoms with E-state index < -0.39 is 0 Å². The van der Waals surface area contributed by atoms with E-state index in [9.17, 15) is 0 Å². The van der Waals surface area contributed by atoms with Crippen molar-refractivity contribution in [2.75, 3.05) is 0 Å². The molecule has 1 heterocycles. The Morgan fingerprint density at radius 1 is 1.11 bits per heavy atom. The Hall–Kier alpha value is -2.12. The maximum Gasteiger partial charge on any atom is 0.138 e. The van der Waals surface area contributed by atoms with Crippen LogP contribution in [-0.4, -0.2) is 9.97 Å². The Morgan fingerprint density at radius 2 is 1.89 bits per heavy atom. The SMILES string of the molecule is N#Cc1cccc2[nH]c(-c3ccc(Br)cc3)nc12. The molecule has 0 atom stereocenters. The van der Waals surface area contributed by atoms with Crippen LogP contribution in [0.4, 0.5) is 0 Å². The van der Waals surface area contributed by atoms with Crippen LogP contribution in [0.25, 0.3) is 22.4 Å². The fourth-order valence-corrected chi connectivity index (χ4v) is 2.13. The highest BCUT2D eigenvalue weighted by molar-refractivity contribution is 9.10. The topological polar surface area (TPSA) is 52.5 Å². The van der Waals surface area contributed by atoms with Gasteiger partial charge in [-0.2, -0.15) is 5.26 Å². The number of imidazole rings is 1. The van der Waals surface area contributed by atoms with Gasteiger partial charge in [-0.05, 0) is 24.3 Å². The molecule has 0 aliphatic heterocycles. The van der Waals surface area contributed by atoms with Crippen molar-refractivity contribution < 1.29 is 0 Å². The van der Waals surface area contributed by atoms with Gasteiger partial charge in [0.05, 0.1) is 11.1 Å². The first-order valence-electron chi connectivity index (χ1n) is 5.43. The van der Waals surface area contributed by atoms with Gasteiger partial charge in [0.2, 0.25) is 0 Å². The van der Waals surface area contributed by atoms with Gasteiger partial charge >= 0.3 is 0 Å². The highest BCUT2D eigenvalue weighted by Gasteiger charge is 2.08. The molecule has 0 saturated carbocycles. The van der Waals surface area contributed by atoms with Gasteiger partial charge in [-0.1, -0.05) is 34.1 Å². The maximum absolute atomic E-state index is 9.04. The number of aromatic nitrogens is 2. The zero-order valence-corrected chi connectivity index (χ0v) is 10.9. The Morgan fingerprint density at radius 3 is 2.61 bits per heavy atom. The number of nitrogens with zero attached hydrogens (tertiary/aromatic N) is 2. The number of hydrogen-bond donors (Lipinski definition) is 1. The molecule has 1 aromatic heterocycles. The average molecular weight is 298 g/mol. The van der Waals surface area contributed by atoms with E-state index in [0.29, 0.717) is 5.56 Å². The Balaban J connectivity index is 2.20. The molecule has 0 amide bonds. The van der Waals surface area contributed by atoms with Gasteiger partial charge < -0.3 is 4.98 Å². The van der Waals surface area contributed by atoms with E-state index in [2.05, 4.69) is 32.0 Å². The second kappa shape index (κ2) is 4.28. The van der Waals surface area contributed by atoms with Crippen molar-refractivity contribution in [2.45, 2.75) is 0 Å². The molecule has 0 radical (unpaired) electrons. The predicted molar refractivity (Wildman–Crippen MR) is 73.9 cm³/mol. The van der Waals surface area contributed by atoms with E-state index in [0.717, 1.165) is 26.9 Å². The number of para-hydroxylation sites is 1. The number of benzene rings is 2. The lowest BCUT2D eigenvalue weighted by atomic mass is 10.2. The maximum atomic E-state index is 9.04. The third-order valence-corrected chi connectivity index (χ3v) is 3.28. The Labute approximate surface area is 112 Å². The van der Waals surface area contributed by atoms with E-state index in [-0.39, 0.29) is 0 Å². The minimum absolute atomic E-state index is 0.590. The number of hydrogen-bond acceptors (Lipinski definition) is 2. The number of H-pyrrole nitrogens is 1. The molecule has 0 spiro atoms. The van der Waals surface area contributed by atoms with Gasteiger partial charge in [-0.25, -0.2) is 4.98 Å². The summed E-state index contributed by atoms with van der Waals surface area (Å²) in [6.07, 6.45) is 0. The summed E-state index contributed by atoms with van der Waals surface area (Å²) in [4.78, 5) is 7.72. The molecule has 0 bridgehead atoms. The molecule has 2 aromatic carbocycles. The van der Waals surface area contributed by atoms with Crippen LogP contribution in [0.3, 0.4) is 0 Å². The van der Waals surface area contributed by atoms with Crippen molar-refractivity contribution in [1.82, 2.24) is 9.97 Å². The minimum atomic E-state index is 0.590. The van der Waals surface area contributed by atoms with Gasteiger partial charge in [0.15, 0.2) is 0 Å². The highest BCUT2D eigenvalue weighted by atomic mass is 79.9. The van der Waals surface area contributed by atoms with Crippen LogP contribution in [0, 0.1) is 11.3 Å². The van der Waals surface area contributed by atoms with Gasteiger partial charge in [0.1, 0.15) is 17.4 Å². The first kappa shape index (κ1) is 11.0. The molecule has 0 aliphatic carbocycles. The lowest BCUT2D eigenvalue weighted by Crippen LogP contribution is -1.79. The average Bonchev–Trinajstić information content (AvgIpc) is 2.83. The molecule has 0 aliphatic rings. The van der Waals surface area contributed by atoms with E-state index in [1.807, 2.05) is 36.4 Å². The second-order valence-corrected chi connectivity index (χ2v) is 4.82. The molecule has 3 aromatic rings. The summed E-state index contributed by atoms with van der Waals surface area (Å²) >= 11 is 3.40. The van der Waals surface area contributed by atoms with Gasteiger partial charge in [-0.15, -0.1) is 0 Å². The van der Waals surface area contributed by atoms with Gasteiger partial charge in [0, 0.05) is 10.0 Å². The molecule has 0 saturated heterocycles. The third kappa shape index (κ3) is 1.79. The smallest absolute Gasteiger partial charge is 0.138 e. The number of nitrogens with one attached hydrogen (secondary N) is 1. The van der Waals surface area contributed by atoms with Crippen molar-refractivity contribution in [3.05, 3.63) is 52.5 Å². The molecule has 3 nitrogen and oxygen atoms in total. The highest BCUT2D eigenvalue weighted by Crippen LogP contribution is 2.23. The predicted octanol–water partition coefficient (Wildman–Crippen LogP) is 3.86. The normalized spacial score (nSPS) is 10.4. The number of aromatic amines is 1. The van der Waals surface area contributed by atoms with Crippen LogP contribution < -0.4 is 0 Å². The zero-order valence-electron chi connectivity index (χ0n) is 9.31. The van der Waals surface area contributed by atoms with Crippen LogP contribution in [0.1, 0.15) is 5.56 Å². The standard InChI is InChI=1S/C14H8BrN3/c15-11-6-4-9(5-7-11)14-17-12-3-1-2-10(8-16)13(12)18-14/h1-7H,(H,17,18). The van der Waals surface area contributed by atoms with Crippen LogP contribution in [0.15, 0.2) is 46.9 Å². The number of halogens is 1. The fourth-order valence-electron chi connectivity index (χ4n) is 1.87. The van der Waals surface area contributed by atoms with Crippen LogP contribution in [-0.2, 0) is 0 Å². The van der Waals surface area contributed by atoms with E-state index in [4.69, 9.17) is 5.26 Å². The van der Waals surface area contributed by atoms with E-state index in [1.54, 1.807) is 6.07 Å².